The second kappa shape index (κ2) is 3.67. The average Bonchev–Trinajstić information content (AvgIpc) is 2.42. The van der Waals surface area contributed by atoms with E-state index in [0.717, 1.165) is 0 Å². The van der Waals surface area contributed by atoms with Crippen LogP contribution < -0.4 is 0 Å². The Morgan fingerprint density at radius 1 is 0.857 bits per heavy atom. The Hall–Kier alpha value is -1.56. The molecule has 0 heterocycles. The summed E-state index contributed by atoms with van der Waals surface area (Å²) in [6.45, 7) is 4.29. The first-order chi connectivity index (χ1) is 6.77. The Balaban J connectivity index is 2.60. The van der Waals surface area contributed by atoms with E-state index < -0.39 is 0 Å². The van der Waals surface area contributed by atoms with Crippen LogP contribution in [0.3, 0.4) is 0 Å². The van der Waals surface area contributed by atoms with Crippen LogP contribution in [-0.2, 0) is 0 Å². The first-order valence-corrected chi connectivity index (χ1v) is 4.90. The van der Waals surface area contributed by atoms with Crippen LogP contribution in [-0.4, -0.2) is 0 Å². The summed E-state index contributed by atoms with van der Waals surface area (Å²) in [7, 11) is 0. The minimum atomic E-state index is 1.29. The molecule has 0 amide bonds. The van der Waals surface area contributed by atoms with Crippen molar-refractivity contribution >= 4 is 0 Å². The zero-order valence-electron chi connectivity index (χ0n) is 8.62. The lowest BCUT2D eigenvalue weighted by molar-refractivity contribution is 1.39. The van der Waals surface area contributed by atoms with E-state index in [1.54, 1.807) is 0 Å². The Bertz CT molecular complexity index is 421. The molecule has 0 aliphatic heterocycles. The highest BCUT2D eigenvalue weighted by Crippen LogP contribution is 2.24. The Morgan fingerprint density at radius 2 is 1.64 bits per heavy atom. The maximum absolute atomic E-state index is 2.24. The molecule has 0 bridgehead atoms. The van der Waals surface area contributed by atoms with Crippen LogP contribution >= 0.6 is 0 Å². The average molecular weight is 182 g/mol. The van der Waals surface area contributed by atoms with E-state index >= 15 is 0 Å². The highest BCUT2D eigenvalue weighted by atomic mass is 14.1. The van der Waals surface area contributed by atoms with Gasteiger partial charge in [0.25, 0.3) is 0 Å². The molecule has 0 aromatic rings. The summed E-state index contributed by atoms with van der Waals surface area (Å²) in [5.41, 5.74) is 5.25. The second-order valence-corrected chi connectivity index (χ2v) is 3.68. The highest BCUT2D eigenvalue weighted by molar-refractivity contribution is 5.58. The Labute approximate surface area is 85.3 Å². The van der Waals surface area contributed by atoms with Gasteiger partial charge in [-0.1, -0.05) is 54.2 Å². The fourth-order valence-corrected chi connectivity index (χ4v) is 1.69. The van der Waals surface area contributed by atoms with Crippen molar-refractivity contribution < 1.29 is 0 Å². The lowest BCUT2D eigenvalue weighted by Gasteiger charge is -2.04. The number of allylic oxidation sites excluding steroid dienone is 12. The quantitative estimate of drug-likeness (QED) is 0.533. The van der Waals surface area contributed by atoms with Crippen molar-refractivity contribution in [2.75, 3.05) is 0 Å². The molecule has 70 valence electrons. The van der Waals surface area contributed by atoms with Crippen LogP contribution in [0, 0.1) is 0 Å². The number of rotatable bonds is 0. The van der Waals surface area contributed by atoms with Crippen LogP contribution in [0.15, 0.2) is 70.9 Å². The molecule has 0 N–H and O–H groups in total. The molecule has 14 heavy (non-hydrogen) atoms. The molecule has 2 aliphatic carbocycles. The monoisotopic (exact) mass is 182 g/mol. The molecule has 0 heteroatoms. The molecule has 0 nitrogen and oxygen atoms in total. The summed E-state index contributed by atoms with van der Waals surface area (Å²) in [6, 6.07) is 0. The molecule has 0 saturated heterocycles. The lowest BCUT2D eigenvalue weighted by atomic mass is 10.0. The lowest BCUT2D eigenvalue weighted by Crippen LogP contribution is -1.85. The van der Waals surface area contributed by atoms with Crippen LogP contribution in [0.2, 0.25) is 0 Å². The van der Waals surface area contributed by atoms with Gasteiger partial charge in [0.2, 0.25) is 0 Å². The molecular formula is C14H14. The van der Waals surface area contributed by atoms with Crippen molar-refractivity contribution in [3.05, 3.63) is 70.9 Å². The molecule has 2 aliphatic rings. The molecule has 0 unspecified atom stereocenters. The third-order valence-electron chi connectivity index (χ3n) is 2.48. The van der Waals surface area contributed by atoms with E-state index in [2.05, 4.69) is 62.5 Å². The molecule has 2 rings (SSSR count). The van der Waals surface area contributed by atoms with Crippen molar-refractivity contribution in [1.82, 2.24) is 0 Å². The third kappa shape index (κ3) is 1.69. The van der Waals surface area contributed by atoms with Gasteiger partial charge in [-0.15, -0.1) is 0 Å². The summed E-state index contributed by atoms with van der Waals surface area (Å²) in [4.78, 5) is 0. The van der Waals surface area contributed by atoms with E-state index in [0.29, 0.717) is 0 Å². The molecule has 0 fully saturated rings. The first kappa shape index (κ1) is 9.01. The van der Waals surface area contributed by atoms with Crippen molar-refractivity contribution in [3.63, 3.8) is 0 Å². The fourth-order valence-electron chi connectivity index (χ4n) is 1.69. The minimum Gasteiger partial charge on any atom is -0.0620 e. The van der Waals surface area contributed by atoms with Crippen molar-refractivity contribution in [1.29, 1.82) is 0 Å². The zero-order valence-corrected chi connectivity index (χ0v) is 8.62. The van der Waals surface area contributed by atoms with Gasteiger partial charge in [-0.3, -0.25) is 0 Å². The minimum absolute atomic E-state index is 1.29. The predicted octanol–water partition coefficient (Wildman–Crippen LogP) is 3.87. The third-order valence-corrected chi connectivity index (χ3v) is 2.48. The van der Waals surface area contributed by atoms with Gasteiger partial charge in [0.05, 0.1) is 0 Å². The van der Waals surface area contributed by atoms with Crippen molar-refractivity contribution in [2.45, 2.75) is 13.8 Å². The van der Waals surface area contributed by atoms with Gasteiger partial charge in [0.15, 0.2) is 0 Å². The van der Waals surface area contributed by atoms with E-state index in [9.17, 15) is 0 Å². The highest BCUT2D eigenvalue weighted by Gasteiger charge is 2.05. The number of hydrogen-bond donors (Lipinski definition) is 0. The van der Waals surface area contributed by atoms with Gasteiger partial charge < -0.3 is 0 Å². The molecule has 0 aromatic carbocycles. The maximum atomic E-state index is 2.24. The summed E-state index contributed by atoms with van der Waals surface area (Å²) >= 11 is 0. The van der Waals surface area contributed by atoms with Gasteiger partial charge >= 0.3 is 0 Å². The predicted molar refractivity (Wildman–Crippen MR) is 62.0 cm³/mol. The van der Waals surface area contributed by atoms with E-state index in [-0.39, 0.29) is 0 Å². The number of hydrogen-bond acceptors (Lipinski definition) is 0. The molecule has 0 aromatic heterocycles. The summed E-state index contributed by atoms with van der Waals surface area (Å²) in [5.74, 6) is 0. The molecular weight excluding hydrogens is 168 g/mol. The van der Waals surface area contributed by atoms with Crippen LogP contribution in [0.25, 0.3) is 0 Å². The normalized spacial score (nSPS) is 19.9. The smallest absolute Gasteiger partial charge is 0.0152 e. The molecule has 0 atom stereocenters. The van der Waals surface area contributed by atoms with E-state index in [4.69, 9.17) is 0 Å². The zero-order chi connectivity index (χ0) is 9.97. The largest absolute Gasteiger partial charge is 0.0620 e. The summed E-state index contributed by atoms with van der Waals surface area (Å²) in [5, 5.41) is 0. The van der Waals surface area contributed by atoms with E-state index in [1.807, 2.05) is 0 Å². The van der Waals surface area contributed by atoms with Gasteiger partial charge in [-0.25, -0.2) is 0 Å². The Kier molecular flexibility index (Phi) is 2.36. The van der Waals surface area contributed by atoms with Crippen molar-refractivity contribution in [2.24, 2.45) is 0 Å². The molecule has 0 radical (unpaired) electrons. The topological polar surface area (TPSA) is 0 Å². The summed E-state index contributed by atoms with van der Waals surface area (Å²) < 4.78 is 0. The van der Waals surface area contributed by atoms with Crippen LogP contribution in [0.1, 0.15) is 13.8 Å². The maximum Gasteiger partial charge on any atom is -0.0152 e. The number of fused-ring (bicyclic) bond motifs is 1. The summed E-state index contributed by atoms with van der Waals surface area (Å²) in [6.07, 6.45) is 17.1. The van der Waals surface area contributed by atoms with Crippen molar-refractivity contribution in [3.8, 4) is 0 Å². The Morgan fingerprint density at radius 3 is 2.50 bits per heavy atom. The molecule has 0 spiro atoms. The van der Waals surface area contributed by atoms with Gasteiger partial charge in [0.1, 0.15) is 0 Å². The van der Waals surface area contributed by atoms with Crippen LogP contribution in [0.4, 0.5) is 0 Å². The molecule has 0 saturated carbocycles. The second-order valence-electron chi connectivity index (χ2n) is 3.68. The van der Waals surface area contributed by atoms with E-state index in [1.165, 1.54) is 22.3 Å². The van der Waals surface area contributed by atoms with Gasteiger partial charge in [-0.05, 0) is 30.6 Å². The van der Waals surface area contributed by atoms with Gasteiger partial charge in [-0.2, -0.15) is 0 Å². The first-order valence-electron chi connectivity index (χ1n) is 4.90. The van der Waals surface area contributed by atoms with Crippen LogP contribution in [0.5, 0.6) is 0 Å². The fraction of sp³-hybridized carbons (Fsp3) is 0.143. The standard InChI is InChI=1S/C14H14/c1-11-6-5-9-13-8-4-3-7-12(2)14(13)10-11/h3-10H,1-2H3. The van der Waals surface area contributed by atoms with Gasteiger partial charge in [0, 0.05) is 0 Å². The SMILES string of the molecule is CC1=CC2=C(C)C=CC=CC2=CC=C1.